The van der Waals surface area contributed by atoms with Crippen molar-refractivity contribution in [2.24, 2.45) is 5.92 Å². The summed E-state index contributed by atoms with van der Waals surface area (Å²) in [6, 6.07) is 17.9. The van der Waals surface area contributed by atoms with Gasteiger partial charge in [0, 0.05) is 31.1 Å². The molecule has 1 aliphatic rings. The number of hydrogen-bond acceptors (Lipinski definition) is 4. The third-order valence-corrected chi connectivity index (χ3v) is 5.31. The van der Waals surface area contributed by atoms with Crippen molar-refractivity contribution in [3.05, 3.63) is 71.8 Å². The van der Waals surface area contributed by atoms with Crippen LogP contribution in [-0.2, 0) is 9.59 Å². The fourth-order valence-corrected chi connectivity index (χ4v) is 3.49. The van der Waals surface area contributed by atoms with Gasteiger partial charge in [-0.2, -0.15) is 0 Å². The summed E-state index contributed by atoms with van der Waals surface area (Å²) >= 11 is 0. The van der Waals surface area contributed by atoms with Gasteiger partial charge in [-0.1, -0.05) is 48.5 Å². The van der Waals surface area contributed by atoms with Crippen LogP contribution in [0.2, 0.25) is 0 Å². The van der Waals surface area contributed by atoms with Crippen molar-refractivity contribution in [3.8, 4) is 0 Å². The number of piperidine rings is 1. The molecule has 0 aliphatic carbocycles. The molecule has 1 heterocycles. The molecule has 1 unspecified atom stereocenters. The van der Waals surface area contributed by atoms with Crippen molar-refractivity contribution < 1.29 is 19.5 Å². The maximum atomic E-state index is 12.4. The lowest BCUT2D eigenvalue weighted by Crippen LogP contribution is -2.46. The highest BCUT2D eigenvalue weighted by Gasteiger charge is 2.27. The zero-order valence-electron chi connectivity index (χ0n) is 16.8. The molecule has 3 amide bonds. The molecule has 158 valence electrons. The average molecular weight is 409 g/mol. The third kappa shape index (κ3) is 5.90. The zero-order valence-corrected chi connectivity index (χ0v) is 16.8. The normalized spacial score (nSPS) is 15.3. The molecule has 3 rings (SSSR count). The molecule has 0 bridgehead atoms. The first kappa shape index (κ1) is 21.5. The number of nitrogens with one attached hydrogen (secondary N) is 2. The van der Waals surface area contributed by atoms with E-state index in [9.17, 15) is 19.5 Å². The maximum absolute atomic E-state index is 12.4. The average Bonchev–Trinajstić information content (AvgIpc) is 2.81. The van der Waals surface area contributed by atoms with E-state index < -0.39 is 6.10 Å². The molecule has 3 N–H and O–H groups in total. The Labute approximate surface area is 176 Å². The third-order valence-electron chi connectivity index (χ3n) is 5.31. The SMILES string of the molecule is O=C(NCC(=O)N1CCC(C(=O)NCC(O)c2ccccc2)CC1)c1ccccc1. The van der Waals surface area contributed by atoms with Gasteiger partial charge in [0.05, 0.1) is 12.6 Å². The van der Waals surface area contributed by atoms with E-state index in [1.165, 1.54) is 0 Å². The molecule has 7 heteroatoms. The van der Waals surface area contributed by atoms with E-state index in [1.54, 1.807) is 29.2 Å². The molecule has 0 aromatic heterocycles. The van der Waals surface area contributed by atoms with Crippen LogP contribution in [0.1, 0.15) is 34.9 Å². The Hall–Kier alpha value is -3.19. The van der Waals surface area contributed by atoms with Gasteiger partial charge < -0.3 is 20.6 Å². The predicted octanol–water partition coefficient (Wildman–Crippen LogP) is 1.50. The number of benzene rings is 2. The van der Waals surface area contributed by atoms with Gasteiger partial charge in [-0.15, -0.1) is 0 Å². The smallest absolute Gasteiger partial charge is 0.251 e. The highest BCUT2D eigenvalue weighted by atomic mass is 16.3. The molecule has 7 nitrogen and oxygen atoms in total. The van der Waals surface area contributed by atoms with Gasteiger partial charge in [-0.3, -0.25) is 14.4 Å². The minimum atomic E-state index is -0.745. The topological polar surface area (TPSA) is 98.7 Å². The Morgan fingerprint density at radius 3 is 2.17 bits per heavy atom. The molecule has 1 atom stereocenters. The predicted molar refractivity (Wildman–Crippen MR) is 112 cm³/mol. The molecule has 30 heavy (non-hydrogen) atoms. The van der Waals surface area contributed by atoms with Gasteiger partial charge in [0.25, 0.3) is 5.91 Å². The van der Waals surface area contributed by atoms with Crippen LogP contribution in [0.25, 0.3) is 0 Å². The number of nitrogens with zero attached hydrogens (tertiary/aromatic N) is 1. The van der Waals surface area contributed by atoms with Gasteiger partial charge in [0.2, 0.25) is 11.8 Å². The fraction of sp³-hybridized carbons (Fsp3) is 0.348. The summed E-state index contributed by atoms with van der Waals surface area (Å²) in [5, 5.41) is 15.6. The Bertz CT molecular complexity index is 849. The summed E-state index contributed by atoms with van der Waals surface area (Å²) in [5.74, 6) is -0.724. The van der Waals surface area contributed by atoms with Gasteiger partial charge in [0.15, 0.2) is 0 Å². The van der Waals surface area contributed by atoms with Crippen LogP contribution in [0, 0.1) is 5.92 Å². The molecule has 0 radical (unpaired) electrons. The number of carbonyl (C=O) groups excluding carboxylic acids is 3. The summed E-state index contributed by atoms with van der Waals surface area (Å²) in [5.41, 5.74) is 1.27. The van der Waals surface area contributed by atoms with E-state index >= 15 is 0 Å². The number of rotatable bonds is 7. The fourth-order valence-electron chi connectivity index (χ4n) is 3.49. The van der Waals surface area contributed by atoms with Crippen molar-refractivity contribution in [2.75, 3.05) is 26.2 Å². The first-order valence-electron chi connectivity index (χ1n) is 10.2. The Balaban J connectivity index is 1.38. The van der Waals surface area contributed by atoms with Crippen LogP contribution >= 0.6 is 0 Å². The van der Waals surface area contributed by atoms with Crippen LogP contribution in [0.15, 0.2) is 60.7 Å². The van der Waals surface area contributed by atoms with Crippen LogP contribution < -0.4 is 10.6 Å². The second kappa shape index (κ2) is 10.5. The summed E-state index contributed by atoms with van der Waals surface area (Å²) in [6.07, 6.45) is 0.377. The number of amides is 3. The molecule has 2 aromatic carbocycles. The lowest BCUT2D eigenvalue weighted by atomic mass is 9.95. The number of aliphatic hydroxyl groups is 1. The molecular weight excluding hydrogens is 382 g/mol. The molecule has 1 fully saturated rings. The lowest BCUT2D eigenvalue weighted by Gasteiger charge is -2.31. The van der Waals surface area contributed by atoms with E-state index in [0.717, 1.165) is 5.56 Å². The van der Waals surface area contributed by atoms with Crippen molar-refractivity contribution in [1.29, 1.82) is 0 Å². The summed E-state index contributed by atoms with van der Waals surface area (Å²) in [6.45, 7) is 1.04. The van der Waals surface area contributed by atoms with Gasteiger partial charge in [-0.05, 0) is 30.5 Å². The molecule has 0 spiro atoms. The molecule has 1 saturated heterocycles. The second-order valence-corrected chi connectivity index (χ2v) is 7.38. The van der Waals surface area contributed by atoms with Crippen LogP contribution in [0.3, 0.4) is 0 Å². The van der Waals surface area contributed by atoms with Gasteiger partial charge in [-0.25, -0.2) is 0 Å². The highest BCUT2D eigenvalue weighted by molar-refractivity contribution is 5.96. The summed E-state index contributed by atoms with van der Waals surface area (Å²) in [4.78, 5) is 38.5. The van der Waals surface area contributed by atoms with Crippen LogP contribution in [0.5, 0.6) is 0 Å². The van der Waals surface area contributed by atoms with E-state index in [-0.39, 0.29) is 36.7 Å². The second-order valence-electron chi connectivity index (χ2n) is 7.38. The number of carbonyl (C=O) groups is 3. The van der Waals surface area contributed by atoms with E-state index in [0.29, 0.717) is 31.5 Å². The van der Waals surface area contributed by atoms with Crippen molar-refractivity contribution in [3.63, 3.8) is 0 Å². The first-order valence-corrected chi connectivity index (χ1v) is 10.2. The number of likely N-dealkylation sites (tertiary alicyclic amines) is 1. The van der Waals surface area contributed by atoms with Crippen molar-refractivity contribution >= 4 is 17.7 Å². The maximum Gasteiger partial charge on any atom is 0.251 e. The summed E-state index contributed by atoms with van der Waals surface area (Å²) in [7, 11) is 0. The van der Waals surface area contributed by atoms with Gasteiger partial charge >= 0.3 is 0 Å². The van der Waals surface area contributed by atoms with Crippen molar-refractivity contribution in [1.82, 2.24) is 15.5 Å². The quantitative estimate of drug-likeness (QED) is 0.645. The Morgan fingerprint density at radius 2 is 1.53 bits per heavy atom. The van der Waals surface area contributed by atoms with Crippen molar-refractivity contribution in [2.45, 2.75) is 18.9 Å². The molecule has 2 aromatic rings. The zero-order chi connectivity index (χ0) is 21.3. The minimum Gasteiger partial charge on any atom is -0.387 e. The number of aliphatic hydroxyl groups excluding tert-OH is 1. The largest absolute Gasteiger partial charge is 0.387 e. The van der Waals surface area contributed by atoms with E-state index in [4.69, 9.17) is 0 Å². The van der Waals surface area contributed by atoms with E-state index in [2.05, 4.69) is 10.6 Å². The van der Waals surface area contributed by atoms with Gasteiger partial charge in [0.1, 0.15) is 0 Å². The molecular formula is C23H27N3O4. The number of hydrogen-bond donors (Lipinski definition) is 3. The first-order chi connectivity index (χ1) is 14.5. The monoisotopic (exact) mass is 409 g/mol. The minimum absolute atomic E-state index is 0.0616. The molecule has 1 aliphatic heterocycles. The lowest BCUT2D eigenvalue weighted by molar-refractivity contribution is -0.134. The highest BCUT2D eigenvalue weighted by Crippen LogP contribution is 2.18. The van der Waals surface area contributed by atoms with E-state index in [1.807, 2.05) is 36.4 Å². The van der Waals surface area contributed by atoms with Crippen LogP contribution in [-0.4, -0.2) is 53.9 Å². The van der Waals surface area contributed by atoms with Crippen LogP contribution in [0.4, 0.5) is 0 Å². The standard InChI is InChI=1S/C23H27N3O4/c27-20(17-7-3-1-4-8-17)15-24-23(30)19-11-13-26(14-12-19)21(28)16-25-22(29)18-9-5-2-6-10-18/h1-10,19-20,27H,11-16H2,(H,24,30)(H,25,29). The Kier molecular flexibility index (Phi) is 7.57. The summed E-state index contributed by atoms with van der Waals surface area (Å²) < 4.78 is 0. The Morgan fingerprint density at radius 1 is 0.933 bits per heavy atom. The molecule has 0 saturated carbocycles.